The summed E-state index contributed by atoms with van der Waals surface area (Å²) in [5, 5.41) is 17.4. The molecule has 2 N–H and O–H groups in total. The summed E-state index contributed by atoms with van der Waals surface area (Å²) in [5.41, 5.74) is 2.21. The van der Waals surface area contributed by atoms with Crippen LogP contribution in [0.2, 0.25) is 0 Å². The van der Waals surface area contributed by atoms with Crippen LogP contribution < -0.4 is 4.74 Å². The molecule has 0 saturated heterocycles. The molecule has 0 aliphatic heterocycles. The van der Waals surface area contributed by atoms with Gasteiger partial charge in [0.1, 0.15) is 12.4 Å². The van der Waals surface area contributed by atoms with Crippen LogP contribution in [0.25, 0.3) is 0 Å². The number of aliphatic carboxylic acids is 1. The van der Waals surface area contributed by atoms with Gasteiger partial charge in [0.05, 0.1) is 0 Å². The van der Waals surface area contributed by atoms with Crippen LogP contribution >= 0.6 is 0 Å². The van der Waals surface area contributed by atoms with Crippen molar-refractivity contribution in [1.82, 2.24) is 0 Å². The Morgan fingerprint density at radius 2 is 2.07 bits per heavy atom. The predicted octanol–water partition coefficient (Wildman–Crippen LogP) is 1.13. The fourth-order valence-corrected chi connectivity index (χ4v) is 1.05. The Bertz CT molecular complexity index is 360. The number of aryl methyl sites for hydroxylation is 2. The highest BCUT2D eigenvalue weighted by Crippen LogP contribution is 2.16. The normalized spacial score (nSPS) is 12.2. The first-order chi connectivity index (χ1) is 7.00. The van der Waals surface area contributed by atoms with Gasteiger partial charge in [0.25, 0.3) is 0 Å². The predicted molar refractivity (Wildman–Crippen MR) is 55.1 cm³/mol. The molecule has 0 spiro atoms. The van der Waals surface area contributed by atoms with Gasteiger partial charge in [-0.2, -0.15) is 0 Å². The van der Waals surface area contributed by atoms with E-state index in [0.29, 0.717) is 5.75 Å². The Labute approximate surface area is 88.1 Å². The molecule has 4 heteroatoms. The van der Waals surface area contributed by atoms with Crippen molar-refractivity contribution in [2.45, 2.75) is 20.0 Å². The van der Waals surface area contributed by atoms with Gasteiger partial charge in [-0.05, 0) is 37.1 Å². The number of carboxylic acid groups (broad SMARTS) is 1. The third-order valence-corrected chi connectivity index (χ3v) is 2.17. The van der Waals surface area contributed by atoms with Crippen LogP contribution in [0.5, 0.6) is 5.75 Å². The number of benzene rings is 1. The average Bonchev–Trinajstić information content (AvgIpc) is 2.19. The van der Waals surface area contributed by atoms with E-state index in [4.69, 9.17) is 14.9 Å². The molecule has 0 fully saturated rings. The summed E-state index contributed by atoms with van der Waals surface area (Å²) in [6, 6.07) is 5.44. The number of aliphatic hydroxyl groups excluding tert-OH is 1. The Balaban J connectivity index is 2.58. The van der Waals surface area contributed by atoms with E-state index in [9.17, 15) is 4.79 Å². The van der Waals surface area contributed by atoms with Crippen LogP contribution in [0.3, 0.4) is 0 Å². The average molecular weight is 210 g/mol. The zero-order valence-electron chi connectivity index (χ0n) is 8.73. The van der Waals surface area contributed by atoms with Crippen molar-refractivity contribution in [3.63, 3.8) is 0 Å². The van der Waals surface area contributed by atoms with Crippen molar-refractivity contribution in [3.05, 3.63) is 29.3 Å². The molecule has 0 aliphatic carbocycles. The maximum Gasteiger partial charge on any atom is 0.336 e. The standard InChI is InChI=1S/C11H14O4/c1-7-3-4-9(5-8(7)2)15-6-10(12)11(13)14/h3-5,10,12H,6H2,1-2H3,(H,13,14). The molecule has 15 heavy (non-hydrogen) atoms. The van der Waals surface area contributed by atoms with Crippen LogP contribution in [-0.4, -0.2) is 28.9 Å². The Kier molecular flexibility index (Phi) is 3.68. The van der Waals surface area contributed by atoms with Crippen LogP contribution in [-0.2, 0) is 4.79 Å². The lowest BCUT2D eigenvalue weighted by atomic mass is 10.1. The number of hydrogen-bond acceptors (Lipinski definition) is 3. The third kappa shape index (κ3) is 3.25. The van der Waals surface area contributed by atoms with Gasteiger partial charge in [-0.15, -0.1) is 0 Å². The van der Waals surface area contributed by atoms with E-state index in [0.717, 1.165) is 11.1 Å². The quantitative estimate of drug-likeness (QED) is 0.781. The minimum Gasteiger partial charge on any atom is -0.490 e. The number of rotatable bonds is 4. The second-order valence-electron chi connectivity index (χ2n) is 3.41. The van der Waals surface area contributed by atoms with Crippen LogP contribution in [0.4, 0.5) is 0 Å². The maximum atomic E-state index is 10.3. The van der Waals surface area contributed by atoms with Crippen molar-refractivity contribution in [1.29, 1.82) is 0 Å². The molecular weight excluding hydrogens is 196 g/mol. The number of hydrogen-bond donors (Lipinski definition) is 2. The van der Waals surface area contributed by atoms with Gasteiger partial charge < -0.3 is 14.9 Å². The molecule has 0 saturated carbocycles. The molecule has 82 valence electrons. The van der Waals surface area contributed by atoms with Crippen molar-refractivity contribution >= 4 is 5.97 Å². The molecule has 4 nitrogen and oxygen atoms in total. The van der Waals surface area contributed by atoms with Crippen molar-refractivity contribution in [2.24, 2.45) is 0 Å². The number of carbonyl (C=O) groups is 1. The van der Waals surface area contributed by atoms with E-state index in [1.54, 1.807) is 6.07 Å². The summed E-state index contributed by atoms with van der Waals surface area (Å²) in [7, 11) is 0. The number of carboxylic acids is 1. The zero-order chi connectivity index (χ0) is 11.4. The van der Waals surface area contributed by atoms with Crippen molar-refractivity contribution < 1.29 is 19.7 Å². The second kappa shape index (κ2) is 4.79. The molecule has 1 aromatic rings. The summed E-state index contributed by atoms with van der Waals surface area (Å²) in [6.07, 6.45) is -1.48. The van der Waals surface area contributed by atoms with E-state index < -0.39 is 12.1 Å². The van der Waals surface area contributed by atoms with Gasteiger partial charge in [0.15, 0.2) is 6.10 Å². The first-order valence-corrected chi connectivity index (χ1v) is 4.61. The third-order valence-electron chi connectivity index (χ3n) is 2.17. The second-order valence-corrected chi connectivity index (χ2v) is 3.41. The van der Waals surface area contributed by atoms with E-state index in [2.05, 4.69) is 0 Å². The molecule has 1 atom stereocenters. The van der Waals surface area contributed by atoms with E-state index in [-0.39, 0.29) is 6.61 Å². The summed E-state index contributed by atoms with van der Waals surface area (Å²) >= 11 is 0. The minimum absolute atomic E-state index is 0.238. The number of aliphatic hydroxyl groups is 1. The molecule has 0 aromatic heterocycles. The SMILES string of the molecule is Cc1ccc(OCC(O)C(=O)O)cc1C. The van der Waals surface area contributed by atoms with E-state index in [1.807, 2.05) is 26.0 Å². The van der Waals surface area contributed by atoms with Gasteiger partial charge in [0.2, 0.25) is 0 Å². The first-order valence-electron chi connectivity index (χ1n) is 4.61. The summed E-state index contributed by atoms with van der Waals surface area (Å²) in [4.78, 5) is 10.3. The van der Waals surface area contributed by atoms with Crippen LogP contribution in [0.1, 0.15) is 11.1 Å². The zero-order valence-corrected chi connectivity index (χ0v) is 8.73. The topological polar surface area (TPSA) is 66.8 Å². The first kappa shape index (κ1) is 11.5. The minimum atomic E-state index is -1.48. The van der Waals surface area contributed by atoms with Crippen LogP contribution in [0.15, 0.2) is 18.2 Å². The summed E-state index contributed by atoms with van der Waals surface area (Å²) in [6.45, 7) is 3.68. The smallest absolute Gasteiger partial charge is 0.336 e. The molecule has 0 amide bonds. The van der Waals surface area contributed by atoms with Gasteiger partial charge in [-0.3, -0.25) is 0 Å². The number of ether oxygens (including phenoxy) is 1. The lowest BCUT2D eigenvalue weighted by Crippen LogP contribution is -2.26. The summed E-state index contributed by atoms with van der Waals surface area (Å²) < 4.78 is 5.13. The molecule has 0 heterocycles. The largest absolute Gasteiger partial charge is 0.490 e. The molecule has 1 rings (SSSR count). The lowest BCUT2D eigenvalue weighted by Gasteiger charge is -2.09. The molecule has 0 bridgehead atoms. The highest BCUT2D eigenvalue weighted by molar-refractivity contribution is 5.72. The van der Waals surface area contributed by atoms with Gasteiger partial charge in [-0.1, -0.05) is 6.07 Å². The highest BCUT2D eigenvalue weighted by Gasteiger charge is 2.13. The highest BCUT2D eigenvalue weighted by atomic mass is 16.5. The molecule has 1 unspecified atom stereocenters. The Hall–Kier alpha value is -1.55. The molecule has 0 radical (unpaired) electrons. The maximum absolute atomic E-state index is 10.3. The van der Waals surface area contributed by atoms with E-state index >= 15 is 0 Å². The molecular formula is C11H14O4. The fourth-order valence-electron chi connectivity index (χ4n) is 1.05. The van der Waals surface area contributed by atoms with Crippen molar-refractivity contribution in [3.8, 4) is 5.75 Å². The van der Waals surface area contributed by atoms with Gasteiger partial charge >= 0.3 is 5.97 Å². The lowest BCUT2D eigenvalue weighted by molar-refractivity contribution is -0.148. The van der Waals surface area contributed by atoms with Gasteiger partial charge in [0, 0.05) is 0 Å². The van der Waals surface area contributed by atoms with Crippen LogP contribution in [0, 0.1) is 13.8 Å². The van der Waals surface area contributed by atoms with E-state index in [1.165, 1.54) is 0 Å². The summed E-state index contributed by atoms with van der Waals surface area (Å²) in [5.74, 6) is -0.711. The van der Waals surface area contributed by atoms with Crippen molar-refractivity contribution in [2.75, 3.05) is 6.61 Å². The molecule has 1 aromatic carbocycles. The van der Waals surface area contributed by atoms with Gasteiger partial charge in [-0.25, -0.2) is 4.79 Å². The Morgan fingerprint density at radius 1 is 1.40 bits per heavy atom. The monoisotopic (exact) mass is 210 g/mol. The molecule has 0 aliphatic rings. The Morgan fingerprint density at radius 3 is 2.60 bits per heavy atom. The fraction of sp³-hybridized carbons (Fsp3) is 0.364.